The number of fused-ring (bicyclic) bond motifs is 2. The van der Waals surface area contributed by atoms with Crippen LogP contribution < -0.4 is 15.6 Å². The molecule has 0 unspecified atom stereocenters. The maximum atomic E-state index is 11.9. The number of aromatic nitrogens is 1. The zero-order chi connectivity index (χ0) is 19.7. The average Bonchev–Trinajstić information content (AvgIpc) is 3.02. The number of hydrogen-bond donors (Lipinski definition) is 1. The number of rotatable bonds is 4. The highest BCUT2D eigenvalue weighted by Crippen LogP contribution is 2.47. The second-order valence-corrected chi connectivity index (χ2v) is 7.38. The minimum Gasteiger partial charge on any atom is -0.350 e. The highest BCUT2D eigenvalue weighted by molar-refractivity contribution is 7.99. The summed E-state index contributed by atoms with van der Waals surface area (Å²) in [6.45, 7) is 4.07. The molecule has 2 heterocycles. The van der Waals surface area contributed by atoms with Gasteiger partial charge in [0, 0.05) is 21.6 Å². The van der Waals surface area contributed by atoms with Gasteiger partial charge in [0.05, 0.1) is 23.6 Å². The largest absolute Gasteiger partial charge is 0.350 e. The zero-order valence-electron chi connectivity index (χ0n) is 15.5. The molecule has 2 amide bonds. The van der Waals surface area contributed by atoms with E-state index < -0.39 is 6.03 Å². The highest BCUT2D eigenvalue weighted by Gasteiger charge is 2.23. The molecular weight excluding hydrogens is 374 g/mol. The van der Waals surface area contributed by atoms with Crippen LogP contribution in [0.5, 0.6) is 0 Å². The van der Waals surface area contributed by atoms with Gasteiger partial charge in [-0.3, -0.25) is 0 Å². The smallest absolute Gasteiger partial charge is 0.342 e. The van der Waals surface area contributed by atoms with Gasteiger partial charge in [-0.2, -0.15) is 5.10 Å². The first-order valence-electron chi connectivity index (χ1n) is 8.74. The van der Waals surface area contributed by atoms with Gasteiger partial charge >= 0.3 is 6.03 Å². The van der Waals surface area contributed by atoms with E-state index in [1.807, 2.05) is 24.3 Å². The van der Waals surface area contributed by atoms with Crippen LogP contribution in [0.25, 0.3) is 0 Å². The molecule has 1 aliphatic heterocycles. The van der Waals surface area contributed by atoms with Crippen molar-refractivity contribution in [3.05, 3.63) is 59.8 Å². The standard InChI is InChI=1S/C20H19N5O2S/c1-13-14(2)23-27-19(13)25(20(21)26)22-11-12-24-15-7-3-5-9-17(15)28-18-10-6-4-8-16(18)24/h3-11H,12H2,1-2H3,(H2,21,26). The Bertz CT molecular complexity index is 1020. The van der Waals surface area contributed by atoms with Gasteiger partial charge in [0.15, 0.2) is 0 Å². The van der Waals surface area contributed by atoms with E-state index in [2.05, 4.69) is 39.4 Å². The Morgan fingerprint density at radius 2 is 1.79 bits per heavy atom. The van der Waals surface area contributed by atoms with E-state index in [1.165, 1.54) is 9.79 Å². The molecule has 2 aromatic carbocycles. The monoisotopic (exact) mass is 393 g/mol. The number of para-hydroxylation sites is 2. The van der Waals surface area contributed by atoms with E-state index in [1.54, 1.807) is 31.8 Å². The summed E-state index contributed by atoms with van der Waals surface area (Å²) in [7, 11) is 0. The molecule has 0 spiro atoms. The number of benzene rings is 2. The molecule has 28 heavy (non-hydrogen) atoms. The van der Waals surface area contributed by atoms with Crippen LogP contribution >= 0.6 is 11.8 Å². The number of carbonyl (C=O) groups excluding carboxylic acids is 1. The summed E-state index contributed by atoms with van der Waals surface area (Å²) < 4.78 is 5.22. The third-order valence-corrected chi connectivity index (χ3v) is 5.66. The Kier molecular flexibility index (Phi) is 4.79. The molecule has 7 nitrogen and oxygen atoms in total. The molecule has 0 radical (unpaired) electrons. The maximum absolute atomic E-state index is 11.9. The Hall–Kier alpha value is -3.26. The van der Waals surface area contributed by atoms with E-state index in [0.29, 0.717) is 12.2 Å². The van der Waals surface area contributed by atoms with Crippen molar-refractivity contribution >= 4 is 41.3 Å². The van der Waals surface area contributed by atoms with Crippen LogP contribution in [0.3, 0.4) is 0 Å². The molecule has 0 aliphatic carbocycles. The first-order chi connectivity index (χ1) is 13.6. The predicted octanol–water partition coefficient (Wildman–Crippen LogP) is 4.47. The second-order valence-electron chi connectivity index (χ2n) is 6.29. The molecule has 1 aromatic heterocycles. The zero-order valence-corrected chi connectivity index (χ0v) is 16.3. The number of anilines is 3. The number of hydrogen-bond acceptors (Lipinski definition) is 6. The predicted molar refractivity (Wildman–Crippen MR) is 111 cm³/mol. The number of carbonyl (C=O) groups is 1. The fourth-order valence-corrected chi connectivity index (χ4v) is 4.08. The van der Waals surface area contributed by atoms with E-state index in [4.69, 9.17) is 10.3 Å². The van der Waals surface area contributed by atoms with E-state index in [9.17, 15) is 4.79 Å². The van der Waals surface area contributed by atoms with Gasteiger partial charge in [-0.1, -0.05) is 41.2 Å². The number of aryl methyl sites for hydroxylation is 1. The first kappa shape index (κ1) is 18.1. The summed E-state index contributed by atoms with van der Waals surface area (Å²) in [4.78, 5) is 16.4. The van der Waals surface area contributed by atoms with Gasteiger partial charge < -0.3 is 15.2 Å². The lowest BCUT2D eigenvalue weighted by Crippen LogP contribution is -2.32. The van der Waals surface area contributed by atoms with Gasteiger partial charge in [0.1, 0.15) is 0 Å². The van der Waals surface area contributed by atoms with Crippen LogP contribution in [0.15, 0.2) is 67.9 Å². The minimum absolute atomic E-state index is 0.233. The fourth-order valence-electron chi connectivity index (χ4n) is 2.99. The normalized spacial score (nSPS) is 12.7. The molecule has 1 aliphatic rings. The number of nitrogens with zero attached hydrogens (tertiary/aromatic N) is 4. The first-order valence-corrected chi connectivity index (χ1v) is 9.56. The molecule has 0 bridgehead atoms. The Morgan fingerprint density at radius 3 is 2.32 bits per heavy atom. The molecule has 0 saturated carbocycles. The summed E-state index contributed by atoms with van der Waals surface area (Å²) >= 11 is 1.74. The van der Waals surface area contributed by atoms with Crippen molar-refractivity contribution in [2.45, 2.75) is 23.6 Å². The van der Waals surface area contributed by atoms with Crippen LogP contribution in [-0.4, -0.2) is 23.9 Å². The Morgan fingerprint density at radius 1 is 1.18 bits per heavy atom. The molecule has 0 atom stereocenters. The summed E-state index contributed by atoms with van der Waals surface area (Å²) in [5, 5.41) is 9.16. The van der Waals surface area contributed by atoms with E-state index in [-0.39, 0.29) is 5.88 Å². The van der Waals surface area contributed by atoms with Crippen molar-refractivity contribution in [1.29, 1.82) is 0 Å². The van der Waals surface area contributed by atoms with Crippen molar-refractivity contribution in [2.24, 2.45) is 10.8 Å². The number of amides is 2. The fraction of sp³-hybridized carbons (Fsp3) is 0.150. The Labute approximate surface area is 166 Å². The Balaban J connectivity index is 1.64. The van der Waals surface area contributed by atoms with Crippen LogP contribution in [0.1, 0.15) is 11.3 Å². The van der Waals surface area contributed by atoms with Gasteiger partial charge in [-0.05, 0) is 38.1 Å². The minimum atomic E-state index is -0.731. The van der Waals surface area contributed by atoms with Gasteiger partial charge in [-0.15, -0.1) is 5.01 Å². The van der Waals surface area contributed by atoms with E-state index in [0.717, 1.165) is 21.9 Å². The lowest BCUT2D eigenvalue weighted by atomic mass is 10.2. The van der Waals surface area contributed by atoms with Crippen molar-refractivity contribution in [3.8, 4) is 0 Å². The van der Waals surface area contributed by atoms with Crippen LogP contribution in [-0.2, 0) is 0 Å². The third-order valence-electron chi connectivity index (χ3n) is 4.53. The maximum Gasteiger partial charge on any atom is 0.342 e. The summed E-state index contributed by atoms with van der Waals surface area (Å²) in [6.07, 6.45) is 1.64. The SMILES string of the molecule is Cc1noc(N(N=CCN2c3ccccc3Sc3ccccc32)C(N)=O)c1C. The third kappa shape index (κ3) is 3.22. The molecule has 4 rings (SSSR count). The summed E-state index contributed by atoms with van der Waals surface area (Å²) in [5.41, 5.74) is 9.08. The van der Waals surface area contributed by atoms with Crippen LogP contribution in [0.2, 0.25) is 0 Å². The second kappa shape index (κ2) is 7.40. The summed E-state index contributed by atoms with van der Waals surface area (Å²) in [5.74, 6) is 0.233. The molecule has 0 saturated heterocycles. The van der Waals surface area contributed by atoms with Crippen molar-refractivity contribution in [2.75, 3.05) is 16.5 Å². The van der Waals surface area contributed by atoms with Crippen LogP contribution in [0, 0.1) is 13.8 Å². The number of nitrogens with two attached hydrogens (primary N) is 1. The molecule has 0 fully saturated rings. The van der Waals surface area contributed by atoms with Crippen molar-refractivity contribution in [3.63, 3.8) is 0 Å². The van der Waals surface area contributed by atoms with Crippen molar-refractivity contribution < 1.29 is 9.32 Å². The highest BCUT2D eigenvalue weighted by atomic mass is 32.2. The average molecular weight is 393 g/mol. The lowest BCUT2D eigenvalue weighted by molar-refractivity contribution is 0.252. The van der Waals surface area contributed by atoms with Crippen LogP contribution in [0.4, 0.5) is 22.1 Å². The van der Waals surface area contributed by atoms with Gasteiger partial charge in [-0.25, -0.2) is 4.79 Å². The topological polar surface area (TPSA) is 88.0 Å². The molecule has 3 aromatic rings. The number of primary amides is 1. The molecule has 8 heteroatoms. The molecule has 2 N–H and O–H groups in total. The van der Waals surface area contributed by atoms with E-state index >= 15 is 0 Å². The summed E-state index contributed by atoms with van der Waals surface area (Å²) in [6, 6.07) is 15.7. The number of hydrazone groups is 1. The molecule has 142 valence electrons. The van der Waals surface area contributed by atoms with Crippen molar-refractivity contribution in [1.82, 2.24) is 5.16 Å². The molecular formula is C20H19N5O2S. The van der Waals surface area contributed by atoms with Gasteiger partial charge in [0.2, 0.25) is 0 Å². The quantitative estimate of drug-likeness (QED) is 0.522. The number of urea groups is 1. The lowest BCUT2D eigenvalue weighted by Gasteiger charge is -2.31. The van der Waals surface area contributed by atoms with Gasteiger partial charge in [0.25, 0.3) is 5.88 Å².